The number of nitrogens with zero attached hydrogens (tertiary/aromatic N) is 3. The minimum absolute atomic E-state index is 0.113. The minimum atomic E-state index is -0.324. The van der Waals surface area contributed by atoms with Crippen LogP contribution in [0.5, 0.6) is 5.75 Å². The summed E-state index contributed by atoms with van der Waals surface area (Å²) in [7, 11) is 1.80. The van der Waals surface area contributed by atoms with Crippen molar-refractivity contribution < 1.29 is 14.3 Å². The number of amides is 2. The highest BCUT2D eigenvalue weighted by molar-refractivity contribution is 6.04. The van der Waals surface area contributed by atoms with Crippen LogP contribution >= 0.6 is 0 Å². The lowest BCUT2D eigenvalue weighted by molar-refractivity contribution is 0.0786. The van der Waals surface area contributed by atoms with Crippen molar-refractivity contribution in [2.75, 3.05) is 25.5 Å². The van der Waals surface area contributed by atoms with E-state index >= 15 is 0 Å². The third kappa shape index (κ3) is 4.60. The number of hydrogen-bond acceptors (Lipinski definition) is 4. The number of carbonyl (C=O) groups is 2. The molecule has 2 heterocycles. The number of unbranched alkanes of at least 4 members (excludes halogenated alkanes) is 1. The first-order chi connectivity index (χ1) is 14.1. The molecular formula is C22H30N4O3. The SMILES string of the molecule is CCCCN(C)C(=O)c1nc(C(=O)Nc2ccccc2OCC)n2c1CCCC2. The first kappa shape index (κ1) is 20.9. The lowest BCUT2D eigenvalue weighted by atomic mass is 10.1. The molecule has 2 aromatic rings. The number of imidazole rings is 1. The number of rotatable bonds is 8. The van der Waals surface area contributed by atoms with Gasteiger partial charge in [0.15, 0.2) is 5.82 Å². The number of anilines is 1. The van der Waals surface area contributed by atoms with Crippen molar-refractivity contribution in [1.82, 2.24) is 14.5 Å². The molecule has 7 nitrogen and oxygen atoms in total. The van der Waals surface area contributed by atoms with Crippen LogP contribution < -0.4 is 10.1 Å². The molecule has 0 aliphatic carbocycles. The predicted molar refractivity (Wildman–Crippen MR) is 113 cm³/mol. The van der Waals surface area contributed by atoms with Crippen LogP contribution in [0.4, 0.5) is 5.69 Å². The smallest absolute Gasteiger partial charge is 0.291 e. The third-order valence-corrected chi connectivity index (χ3v) is 5.15. The zero-order chi connectivity index (χ0) is 20.8. The molecule has 0 bridgehead atoms. The molecule has 3 rings (SSSR count). The van der Waals surface area contributed by atoms with Crippen LogP contribution in [-0.4, -0.2) is 46.5 Å². The van der Waals surface area contributed by atoms with E-state index in [1.165, 1.54) is 0 Å². The normalized spacial score (nSPS) is 12.9. The molecule has 7 heteroatoms. The lowest BCUT2D eigenvalue weighted by Crippen LogP contribution is -2.29. The van der Waals surface area contributed by atoms with Crippen LogP contribution in [0.3, 0.4) is 0 Å². The minimum Gasteiger partial charge on any atom is -0.492 e. The van der Waals surface area contributed by atoms with Gasteiger partial charge in [-0.1, -0.05) is 25.5 Å². The van der Waals surface area contributed by atoms with E-state index in [1.54, 1.807) is 18.0 Å². The van der Waals surface area contributed by atoms with Crippen LogP contribution in [0, 0.1) is 0 Å². The fourth-order valence-corrected chi connectivity index (χ4v) is 3.59. The molecule has 1 aliphatic rings. The van der Waals surface area contributed by atoms with Gasteiger partial charge in [0, 0.05) is 20.1 Å². The van der Waals surface area contributed by atoms with Crippen molar-refractivity contribution in [3.05, 3.63) is 41.5 Å². The third-order valence-electron chi connectivity index (χ3n) is 5.15. The van der Waals surface area contributed by atoms with E-state index in [2.05, 4.69) is 17.2 Å². The molecule has 0 unspecified atom stereocenters. The Balaban J connectivity index is 1.89. The van der Waals surface area contributed by atoms with Gasteiger partial charge in [-0.05, 0) is 44.7 Å². The van der Waals surface area contributed by atoms with Crippen LogP contribution in [0.2, 0.25) is 0 Å². The van der Waals surface area contributed by atoms with Crippen molar-refractivity contribution in [3.8, 4) is 5.75 Å². The standard InChI is InChI=1S/C22H30N4O3/c1-4-6-14-25(3)22(28)19-17-12-9-10-15-26(17)20(24-19)21(27)23-16-11-7-8-13-18(16)29-5-2/h7-8,11,13H,4-6,9-10,12,14-15H2,1-3H3,(H,23,27). The number of para-hydroxylation sites is 2. The molecule has 0 radical (unpaired) electrons. The summed E-state index contributed by atoms with van der Waals surface area (Å²) in [6.45, 7) is 5.89. The van der Waals surface area contributed by atoms with Crippen LogP contribution in [0.25, 0.3) is 0 Å². The molecule has 2 amide bonds. The fraction of sp³-hybridized carbons (Fsp3) is 0.500. The monoisotopic (exact) mass is 398 g/mol. The zero-order valence-corrected chi connectivity index (χ0v) is 17.5. The van der Waals surface area contributed by atoms with E-state index in [-0.39, 0.29) is 11.8 Å². The Hall–Kier alpha value is -2.83. The number of nitrogens with one attached hydrogen (secondary N) is 1. The number of hydrogen-bond donors (Lipinski definition) is 1. The van der Waals surface area contributed by atoms with E-state index in [9.17, 15) is 9.59 Å². The average molecular weight is 399 g/mol. The summed E-state index contributed by atoms with van der Waals surface area (Å²) in [5.41, 5.74) is 1.87. The Morgan fingerprint density at radius 3 is 2.79 bits per heavy atom. The topological polar surface area (TPSA) is 76.5 Å². The molecule has 1 N–H and O–H groups in total. The highest BCUT2D eigenvalue weighted by Gasteiger charge is 2.29. The van der Waals surface area contributed by atoms with Crippen molar-refractivity contribution in [2.24, 2.45) is 0 Å². The molecule has 0 saturated heterocycles. The molecule has 0 saturated carbocycles. The van der Waals surface area contributed by atoms with Crippen molar-refractivity contribution >= 4 is 17.5 Å². The van der Waals surface area contributed by atoms with Crippen molar-refractivity contribution in [1.29, 1.82) is 0 Å². The molecule has 1 aromatic heterocycles. The quantitative estimate of drug-likeness (QED) is 0.735. The number of ether oxygens (including phenoxy) is 1. The molecule has 156 valence electrons. The Morgan fingerprint density at radius 2 is 2.03 bits per heavy atom. The molecule has 1 aliphatic heterocycles. The Morgan fingerprint density at radius 1 is 1.24 bits per heavy atom. The number of aromatic nitrogens is 2. The van der Waals surface area contributed by atoms with Gasteiger partial charge in [-0.15, -0.1) is 0 Å². The molecule has 29 heavy (non-hydrogen) atoms. The van der Waals surface area contributed by atoms with Crippen molar-refractivity contribution in [2.45, 2.75) is 52.5 Å². The molecule has 0 spiro atoms. The summed E-state index contributed by atoms with van der Waals surface area (Å²) in [6.07, 6.45) is 4.70. The second kappa shape index (κ2) is 9.58. The predicted octanol–water partition coefficient (Wildman–Crippen LogP) is 3.74. The Labute approximate surface area is 172 Å². The first-order valence-corrected chi connectivity index (χ1v) is 10.4. The Kier molecular flexibility index (Phi) is 6.90. The number of carbonyl (C=O) groups excluding carboxylic acids is 2. The van der Waals surface area contributed by atoms with Crippen LogP contribution in [0.15, 0.2) is 24.3 Å². The van der Waals surface area contributed by atoms with Gasteiger partial charge in [-0.2, -0.15) is 0 Å². The fourth-order valence-electron chi connectivity index (χ4n) is 3.59. The zero-order valence-electron chi connectivity index (χ0n) is 17.5. The largest absolute Gasteiger partial charge is 0.492 e. The summed E-state index contributed by atoms with van der Waals surface area (Å²) in [5.74, 6) is 0.469. The maximum atomic E-state index is 13.0. The van der Waals surface area contributed by atoms with Gasteiger partial charge in [-0.3, -0.25) is 9.59 Å². The summed E-state index contributed by atoms with van der Waals surface area (Å²) in [5, 5.41) is 2.91. The molecule has 0 fully saturated rings. The van der Waals surface area contributed by atoms with E-state index in [4.69, 9.17) is 4.74 Å². The van der Waals surface area contributed by atoms with E-state index in [0.717, 1.165) is 37.8 Å². The molecule has 0 atom stereocenters. The van der Waals surface area contributed by atoms with Crippen molar-refractivity contribution in [3.63, 3.8) is 0 Å². The van der Waals surface area contributed by atoms with Gasteiger partial charge in [0.2, 0.25) is 0 Å². The Bertz CT molecular complexity index is 875. The number of benzene rings is 1. The van der Waals surface area contributed by atoms with Crippen LogP contribution in [-0.2, 0) is 13.0 Å². The van der Waals surface area contributed by atoms with Crippen LogP contribution in [0.1, 0.15) is 66.3 Å². The second-order valence-electron chi connectivity index (χ2n) is 7.30. The maximum absolute atomic E-state index is 13.0. The summed E-state index contributed by atoms with van der Waals surface area (Å²) >= 11 is 0. The van der Waals surface area contributed by atoms with E-state index < -0.39 is 0 Å². The van der Waals surface area contributed by atoms with E-state index in [0.29, 0.717) is 42.7 Å². The van der Waals surface area contributed by atoms with Gasteiger partial charge in [0.25, 0.3) is 11.8 Å². The van der Waals surface area contributed by atoms with Gasteiger partial charge in [0.05, 0.1) is 18.0 Å². The summed E-state index contributed by atoms with van der Waals surface area (Å²) in [6, 6.07) is 7.32. The summed E-state index contributed by atoms with van der Waals surface area (Å²) in [4.78, 5) is 32.2. The first-order valence-electron chi connectivity index (χ1n) is 10.4. The average Bonchev–Trinajstić information content (AvgIpc) is 3.13. The lowest BCUT2D eigenvalue weighted by Gasteiger charge is -2.19. The second-order valence-corrected chi connectivity index (χ2v) is 7.30. The van der Waals surface area contributed by atoms with Gasteiger partial charge >= 0.3 is 0 Å². The highest BCUT2D eigenvalue weighted by atomic mass is 16.5. The van der Waals surface area contributed by atoms with Gasteiger partial charge in [0.1, 0.15) is 11.4 Å². The molecular weight excluding hydrogens is 368 g/mol. The maximum Gasteiger partial charge on any atom is 0.291 e. The summed E-state index contributed by atoms with van der Waals surface area (Å²) < 4.78 is 7.50. The molecule has 1 aromatic carbocycles. The number of fused-ring (bicyclic) bond motifs is 1. The van der Waals surface area contributed by atoms with Gasteiger partial charge < -0.3 is 19.5 Å². The van der Waals surface area contributed by atoms with E-state index in [1.807, 2.05) is 29.7 Å². The highest BCUT2D eigenvalue weighted by Crippen LogP contribution is 2.26. The van der Waals surface area contributed by atoms with Gasteiger partial charge in [-0.25, -0.2) is 4.98 Å².